The highest BCUT2D eigenvalue weighted by molar-refractivity contribution is 8.01. The maximum absolute atomic E-state index is 11.0. The van der Waals surface area contributed by atoms with Crippen LogP contribution in [0.5, 0.6) is 0 Å². The zero-order valence-electron chi connectivity index (χ0n) is 10.0. The molecule has 0 saturated heterocycles. The van der Waals surface area contributed by atoms with Gasteiger partial charge in [0.1, 0.15) is 0 Å². The highest BCUT2D eigenvalue weighted by atomic mass is 35.5. The number of hydrogen-bond acceptors (Lipinski definition) is 5. The Morgan fingerprint density at radius 3 is 2.37 bits per heavy atom. The van der Waals surface area contributed by atoms with Crippen LogP contribution in [0.2, 0.25) is 0 Å². The highest BCUT2D eigenvalue weighted by Gasteiger charge is 2.48. The highest BCUT2D eigenvalue weighted by Crippen LogP contribution is 2.57. The Hall–Kier alpha value is -1.34. The van der Waals surface area contributed by atoms with Gasteiger partial charge in [0, 0.05) is 16.2 Å². The van der Waals surface area contributed by atoms with Gasteiger partial charge in [-0.3, -0.25) is 20.2 Å². The summed E-state index contributed by atoms with van der Waals surface area (Å²) >= 11 is 7.44. The first-order valence-electron chi connectivity index (χ1n) is 5.62. The molecule has 1 aromatic carbocycles. The minimum absolute atomic E-state index is 0.104. The molecule has 1 saturated carbocycles. The quantitative estimate of drug-likeness (QED) is 0.469. The van der Waals surface area contributed by atoms with Crippen molar-refractivity contribution < 1.29 is 9.85 Å². The largest absolute Gasteiger partial charge is 0.289 e. The molecule has 8 heteroatoms. The third-order valence-electron chi connectivity index (χ3n) is 3.13. The lowest BCUT2D eigenvalue weighted by Crippen LogP contribution is -2.15. The van der Waals surface area contributed by atoms with E-state index in [0.717, 1.165) is 18.9 Å². The molecule has 1 aromatic rings. The van der Waals surface area contributed by atoms with E-state index in [1.54, 1.807) is 0 Å². The molecule has 2 rings (SSSR count). The predicted octanol–water partition coefficient (Wildman–Crippen LogP) is 3.76. The second-order valence-corrected chi connectivity index (χ2v) is 6.56. The molecular formula is C11H11ClN2O4S. The van der Waals surface area contributed by atoms with E-state index in [-0.39, 0.29) is 21.5 Å². The Labute approximate surface area is 118 Å². The molecule has 1 unspecified atom stereocenters. The summed E-state index contributed by atoms with van der Waals surface area (Å²) in [5.41, 5.74) is -0.511. The number of benzene rings is 1. The third kappa shape index (κ3) is 2.82. The first-order chi connectivity index (χ1) is 8.85. The summed E-state index contributed by atoms with van der Waals surface area (Å²) in [6, 6.07) is 3.71. The lowest BCUT2D eigenvalue weighted by atomic mass is 10.3. The van der Waals surface area contributed by atoms with E-state index in [2.05, 4.69) is 0 Å². The number of nitro groups is 2. The molecule has 0 spiro atoms. The minimum Gasteiger partial charge on any atom is -0.258 e. The number of thioether (sulfide) groups is 1. The van der Waals surface area contributed by atoms with Crippen molar-refractivity contribution in [3.8, 4) is 0 Å². The summed E-state index contributed by atoms with van der Waals surface area (Å²) in [5, 5.41) is 21.6. The Kier molecular flexibility index (Phi) is 3.69. The average molecular weight is 303 g/mol. The van der Waals surface area contributed by atoms with E-state index in [4.69, 9.17) is 11.6 Å². The summed E-state index contributed by atoms with van der Waals surface area (Å²) in [5.74, 6) is 0. The van der Waals surface area contributed by atoms with Crippen LogP contribution in [0.3, 0.4) is 0 Å². The SMILES string of the molecule is CC(Cl)C1(Sc2ccc([N+](=O)[O-])cc2[N+](=O)[O-])CC1. The van der Waals surface area contributed by atoms with Gasteiger partial charge in [-0.25, -0.2) is 0 Å². The lowest BCUT2D eigenvalue weighted by molar-refractivity contribution is -0.396. The van der Waals surface area contributed by atoms with E-state index in [0.29, 0.717) is 4.90 Å². The summed E-state index contributed by atoms with van der Waals surface area (Å²) in [4.78, 5) is 20.9. The van der Waals surface area contributed by atoms with Gasteiger partial charge in [-0.2, -0.15) is 0 Å². The van der Waals surface area contributed by atoms with Gasteiger partial charge < -0.3 is 0 Å². The van der Waals surface area contributed by atoms with E-state index in [9.17, 15) is 20.2 Å². The minimum atomic E-state index is -0.640. The molecule has 0 heterocycles. The van der Waals surface area contributed by atoms with Crippen LogP contribution in [0.25, 0.3) is 0 Å². The van der Waals surface area contributed by atoms with E-state index in [1.165, 1.54) is 23.9 Å². The van der Waals surface area contributed by atoms with Gasteiger partial charge in [-0.05, 0) is 25.8 Å². The van der Waals surface area contributed by atoms with Crippen molar-refractivity contribution in [2.75, 3.05) is 0 Å². The molecule has 1 fully saturated rings. The van der Waals surface area contributed by atoms with Crippen molar-refractivity contribution in [3.63, 3.8) is 0 Å². The van der Waals surface area contributed by atoms with E-state index in [1.807, 2.05) is 6.92 Å². The van der Waals surface area contributed by atoms with Crippen LogP contribution in [0.1, 0.15) is 19.8 Å². The molecule has 102 valence electrons. The molecule has 0 aliphatic heterocycles. The van der Waals surface area contributed by atoms with E-state index < -0.39 is 9.85 Å². The summed E-state index contributed by atoms with van der Waals surface area (Å²) < 4.78 is -0.178. The van der Waals surface area contributed by atoms with Gasteiger partial charge in [-0.15, -0.1) is 23.4 Å². The van der Waals surface area contributed by atoms with Crippen molar-refractivity contribution in [2.24, 2.45) is 0 Å². The first kappa shape index (κ1) is 14.1. The monoisotopic (exact) mass is 302 g/mol. The van der Waals surface area contributed by atoms with Gasteiger partial charge in [0.2, 0.25) is 0 Å². The zero-order valence-corrected chi connectivity index (χ0v) is 11.6. The van der Waals surface area contributed by atoms with Crippen LogP contribution in [0, 0.1) is 20.2 Å². The molecule has 1 aliphatic rings. The van der Waals surface area contributed by atoms with Gasteiger partial charge in [0.15, 0.2) is 0 Å². The zero-order chi connectivity index (χ0) is 14.2. The van der Waals surface area contributed by atoms with Crippen molar-refractivity contribution in [1.29, 1.82) is 0 Å². The fraction of sp³-hybridized carbons (Fsp3) is 0.455. The van der Waals surface area contributed by atoms with Crippen molar-refractivity contribution >= 4 is 34.7 Å². The Morgan fingerprint density at radius 2 is 1.95 bits per heavy atom. The van der Waals surface area contributed by atoms with Crippen molar-refractivity contribution in [1.82, 2.24) is 0 Å². The molecule has 6 nitrogen and oxygen atoms in total. The number of nitro benzene ring substituents is 2. The molecule has 19 heavy (non-hydrogen) atoms. The molecule has 0 bridgehead atoms. The summed E-state index contributed by atoms with van der Waals surface area (Å²) in [6.07, 6.45) is 1.80. The Bertz CT molecular complexity index is 545. The number of rotatable bonds is 5. The number of nitrogens with zero attached hydrogens (tertiary/aromatic N) is 2. The lowest BCUT2D eigenvalue weighted by Gasteiger charge is -2.16. The summed E-state index contributed by atoms with van der Waals surface area (Å²) in [6.45, 7) is 1.86. The van der Waals surface area contributed by atoms with Crippen LogP contribution in [0.4, 0.5) is 11.4 Å². The van der Waals surface area contributed by atoms with Gasteiger partial charge in [0.25, 0.3) is 11.4 Å². The second-order valence-electron chi connectivity index (χ2n) is 4.45. The Balaban J connectivity index is 2.35. The molecular weight excluding hydrogens is 292 g/mol. The molecule has 0 amide bonds. The second kappa shape index (κ2) is 4.97. The number of alkyl halides is 1. The van der Waals surface area contributed by atoms with Crippen LogP contribution < -0.4 is 0 Å². The molecule has 0 radical (unpaired) electrons. The van der Waals surface area contributed by atoms with Crippen LogP contribution >= 0.6 is 23.4 Å². The van der Waals surface area contributed by atoms with Crippen LogP contribution in [-0.4, -0.2) is 20.0 Å². The number of hydrogen-bond donors (Lipinski definition) is 0. The normalized spacial score (nSPS) is 17.8. The molecule has 1 atom stereocenters. The maximum atomic E-state index is 11.0. The summed E-state index contributed by atoms with van der Waals surface area (Å²) in [7, 11) is 0. The van der Waals surface area contributed by atoms with Gasteiger partial charge in [-0.1, -0.05) is 0 Å². The fourth-order valence-corrected chi connectivity index (χ4v) is 3.40. The first-order valence-corrected chi connectivity index (χ1v) is 6.87. The number of halogens is 1. The van der Waals surface area contributed by atoms with Gasteiger partial charge in [0.05, 0.1) is 20.8 Å². The molecule has 0 aromatic heterocycles. The number of non-ortho nitro benzene ring substituents is 1. The average Bonchev–Trinajstić information content (AvgIpc) is 3.10. The topological polar surface area (TPSA) is 86.3 Å². The van der Waals surface area contributed by atoms with Crippen molar-refractivity contribution in [2.45, 2.75) is 34.8 Å². The van der Waals surface area contributed by atoms with Crippen LogP contribution in [-0.2, 0) is 0 Å². The molecule has 1 aliphatic carbocycles. The maximum Gasteiger partial charge on any atom is 0.289 e. The smallest absolute Gasteiger partial charge is 0.258 e. The molecule has 0 N–H and O–H groups in total. The van der Waals surface area contributed by atoms with Crippen molar-refractivity contribution in [3.05, 3.63) is 38.4 Å². The predicted molar refractivity (Wildman–Crippen MR) is 72.9 cm³/mol. The van der Waals surface area contributed by atoms with Crippen LogP contribution in [0.15, 0.2) is 23.1 Å². The standard InChI is InChI=1S/C11H11ClN2O4S/c1-7(12)11(4-5-11)19-10-3-2-8(13(15)16)6-9(10)14(17)18/h2-3,6-7H,4-5H2,1H3. The van der Waals surface area contributed by atoms with Gasteiger partial charge >= 0.3 is 0 Å². The third-order valence-corrected chi connectivity index (χ3v) is 5.41. The fourth-order valence-electron chi connectivity index (χ4n) is 1.77. The Morgan fingerprint density at radius 1 is 1.32 bits per heavy atom. The van der Waals surface area contributed by atoms with E-state index >= 15 is 0 Å².